The zero-order chi connectivity index (χ0) is 25.8. The zero-order valence-corrected chi connectivity index (χ0v) is 22.8. The Labute approximate surface area is 213 Å². The SMILES string of the molecule is C=C1/C(=C\C=C2/CCC[C@]3(C)C([C@@H](C)C/C=C/C(=NOCC)C(C)(C)C)=CC[C@@H]23)C[C@@H](O)C[C@@H]1O. The van der Waals surface area contributed by atoms with Crippen molar-refractivity contribution < 1.29 is 15.1 Å². The van der Waals surface area contributed by atoms with Crippen molar-refractivity contribution in [2.24, 2.45) is 27.8 Å². The van der Waals surface area contributed by atoms with Crippen LogP contribution in [0.2, 0.25) is 0 Å². The van der Waals surface area contributed by atoms with Gasteiger partial charge in [0.15, 0.2) is 0 Å². The van der Waals surface area contributed by atoms with Crippen LogP contribution in [0, 0.1) is 22.7 Å². The molecule has 194 valence electrons. The first-order valence-electron chi connectivity index (χ1n) is 13.5. The molecule has 0 spiro atoms. The van der Waals surface area contributed by atoms with Crippen LogP contribution in [0.25, 0.3) is 0 Å². The van der Waals surface area contributed by atoms with Gasteiger partial charge in [-0.25, -0.2) is 0 Å². The van der Waals surface area contributed by atoms with Gasteiger partial charge in [0, 0.05) is 11.8 Å². The molecule has 2 saturated carbocycles. The number of hydrogen-bond acceptors (Lipinski definition) is 4. The van der Waals surface area contributed by atoms with Gasteiger partial charge in [0.2, 0.25) is 0 Å². The number of rotatable bonds is 7. The van der Waals surface area contributed by atoms with Gasteiger partial charge in [-0.3, -0.25) is 0 Å². The largest absolute Gasteiger partial charge is 0.396 e. The van der Waals surface area contributed by atoms with E-state index >= 15 is 0 Å². The van der Waals surface area contributed by atoms with Gasteiger partial charge in [-0.2, -0.15) is 0 Å². The third kappa shape index (κ3) is 6.46. The molecule has 0 amide bonds. The molecule has 3 aliphatic rings. The van der Waals surface area contributed by atoms with Crippen LogP contribution in [0.3, 0.4) is 0 Å². The van der Waals surface area contributed by atoms with Crippen molar-refractivity contribution in [3.8, 4) is 0 Å². The Kier molecular flexibility index (Phi) is 9.04. The standard InChI is InChI=1S/C31H47NO3/c1-8-35-32-29(30(4,5)6)13-9-11-21(2)26-16-17-27-23(12-10-18-31(26,27)7)14-15-24-19-25(33)20-28(34)22(24)3/h9,13-16,21,25,27-28,33-34H,3,8,10-12,17-20H2,1-2,4-7H3/b13-9+,23-14+,24-15-,32-29?/t21-,25+,27-,28-,31+/m0/s1. The van der Waals surface area contributed by atoms with E-state index in [9.17, 15) is 10.2 Å². The molecule has 2 N–H and O–H groups in total. The van der Waals surface area contributed by atoms with Gasteiger partial charge in [0.05, 0.1) is 17.9 Å². The number of aliphatic hydroxyl groups is 2. The smallest absolute Gasteiger partial charge is 0.114 e. The van der Waals surface area contributed by atoms with Crippen molar-refractivity contribution in [2.45, 2.75) is 98.7 Å². The van der Waals surface area contributed by atoms with Crippen molar-refractivity contribution in [2.75, 3.05) is 6.61 Å². The maximum absolute atomic E-state index is 10.2. The summed E-state index contributed by atoms with van der Waals surface area (Å²) in [5.74, 6) is 1.02. The molecule has 0 heterocycles. The molecule has 0 saturated heterocycles. The summed E-state index contributed by atoms with van der Waals surface area (Å²) in [7, 11) is 0. The van der Waals surface area contributed by atoms with Crippen LogP contribution in [-0.2, 0) is 4.84 Å². The lowest BCUT2D eigenvalue weighted by Crippen LogP contribution is -2.32. The topological polar surface area (TPSA) is 62.0 Å². The van der Waals surface area contributed by atoms with Crippen LogP contribution in [-0.4, -0.2) is 34.7 Å². The van der Waals surface area contributed by atoms with E-state index in [4.69, 9.17) is 4.84 Å². The fourth-order valence-electron chi connectivity index (χ4n) is 6.14. The van der Waals surface area contributed by atoms with E-state index in [0.29, 0.717) is 31.3 Å². The minimum absolute atomic E-state index is 0.0497. The van der Waals surface area contributed by atoms with Crippen LogP contribution < -0.4 is 0 Å². The van der Waals surface area contributed by atoms with E-state index in [-0.39, 0.29) is 10.8 Å². The number of oxime groups is 1. The molecule has 5 atom stereocenters. The summed E-state index contributed by atoms with van der Waals surface area (Å²) < 4.78 is 0. The highest BCUT2D eigenvalue weighted by molar-refractivity contribution is 5.98. The lowest BCUT2D eigenvalue weighted by molar-refractivity contribution is 0.0862. The van der Waals surface area contributed by atoms with E-state index in [1.165, 1.54) is 18.4 Å². The predicted octanol–water partition coefficient (Wildman–Crippen LogP) is 7.07. The quantitative estimate of drug-likeness (QED) is 0.232. The van der Waals surface area contributed by atoms with Gasteiger partial charge < -0.3 is 15.1 Å². The van der Waals surface area contributed by atoms with E-state index in [2.05, 4.69) is 76.7 Å². The number of hydrogen-bond donors (Lipinski definition) is 2. The predicted molar refractivity (Wildman–Crippen MR) is 146 cm³/mol. The lowest BCUT2D eigenvalue weighted by Gasteiger charge is -2.42. The van der Waals surface area contributed by atoms with Crippen LogP contribution in [0.1, 0.15) is 86.5 Å². The molecule has 0 bridgehead atoms. The maximum atomic E-state index is 10.2. The normalized spacial score (nSPS) is 33.4. The summed E-state index contributed by atoms with van der Waals surface area (Å²) in [5.41, 5.74) is 5.98. The van der Waals surface area contributed by atoms with Gasteiger partial charge in [0.1, 0.15) is 6.61 Å². The Balaban J connectivity index is 1.72. The number of nitrogens with zero attached hydrogens (tertiary/aromatic N) is 1. The molecule has 0 aromatic carbocycles. The van der Waals surface area contributed by atoms with Crippen molar-refractivity contribution in [1.82, 2.24) is 0 Å². The Morgan fingerprint density at radius 2 is 2.06 bits per heavy atom. The van der Waals surface area contributed by atoms with Crippen molar-refractivity contribution in [1.29, 1.82) is 0 Å². The van der Waals surface area contributed by atoms with Crippen molar-refractivity contribution >= 4 is 5.71 Å². The van der Waals surface area contributed by atoms with Gasteiger partial charge in [-0.1, -0.05) is 81.8 Å². The average molecular weight is 482 g/mol. The minimum atomic E-state index is -0.633. The fourth-order valence-corrected chi connectivity index (χ4v) is 6.14. The van der Waals surface area contributed by atoms with E-state index in [1.54, 1.807) is 5.57 Å². The van der Waals surface area contributed by atoms with Gasteiger partial charge in [-0.15, -0.1) is 0 Å². The van der Waals surface area contributed by atoms with E-state index < -0.39 is 12.2 Å². The van der Waals surface area contributed by atoms with Crippen molar-refractivity contribution in [3.63, 3.8) is 0 Å². The lowest BCUT2D eigenvalue weighted by atomic mass is 9.62. The molecule has 0 aromatic heterocycles. The second kappa shape index (κ2) is 11.4. The molecule has 4 heteroatoms. The summed E-state index contributed by atoms with van der Waals surface area (Å²) in [5, 5.41) is 24.6. The molecule has 0 unspecified atom stereocenters. The Hall–Kier alpha value is -1.91. The first-order valence-corrected chi connectivity index (χ1v) is 13.5. The molecule has 3 aliphatic carbocycles. The molecular weight excluding hydrogens is 434 g/mol. The summed E-state index contributed by atoms with van der Waals surface area (Å²) in [6, 6.07) is 0. The molecule has 3 rings (SSSR count). The van der Waals surface area contributed by atoms with Gasteiger partial charge in [0.25, 0.3) is 0 Å². The van der Waals surface area contributed by atoms with Crippen molar-refractivity contribution in [3.05, 3.63) is 59.3 Å². The summed E-state index contributed by atoms with van der Waals surface area (Å²) in [6.45, 7) is 17.9. The fraction of sp³-hybridized carbons (Fsp3) is 0.645. The second-order valence-electron chi connectivity index (χ2n) is 12.0. The third-order valence-electron chi connectivity index (χ3n) is 8.23. The number of aliphatic hydroxyl groups excluding tert-OH is 2. The highest BCUT2D eigenvalue weighted by Crippen LogP contribution is 2.57. The first kappa shape index (κ1) is 27.7. The number of allylic oxidation sites excluding steroid dienone is 7. The minimum Gasteiger partial charge on any atom is -0.396 e. The van der Waals surface area contributed by atoms with Crippen LogP contribution in [0.5, 0.6) is 0 Å². The highest BCUT2D eigenvalue weighted by atomic mass is 16.6. The van der Waals surface area contributed by atoms with E-state index in [0.717, 1.165) is 36.1 Å². The average Bonchev–Trinajstić information content (AvgIpc) is 3.14. The molecule has 0 aromatic rings. The van der Waals surface area contributed by atoms with E-state index in [1.807, 2.05) is 6.92 Å². The summed E-state index contributed by atoms with van der Waals surface area (Å²) >= 11 is 0. The molecule has 0 aliphatic heterocycles. The first-order chi connectivity index (χ1) is 16.5. The second-order valence-corrected chi connectivity index (χ2v) is 12.0. The summed E-state index contributed by atoms with van der Waals surface area (Å²) in [6.07, 6.45) is 16.8. The molecule has 0 radical (unpaired) electrons. The van der Waals surface area contributed by atoms with Crippen LogP contribution in [0.4, 0.5) is 0 Å². The molecule has 35 heavy (non-hydrogen) atoms. The molecular formula is C31H47NO3. The molecule has 4 nitrogen and oxygen atoms in total. The van der Waals surface area contributed by atoms with Crippen LogP contribution in [0.15, 0.2) is 64.4 Å². The Bertz CT molecular complexity index is 929. The third-order valence-corrected chi connectivity index (χ3v) is 8.23. The maximum Gasteiger partial charge on any atom is 0.114 e. The summed E-state index contributed by atoms with van der Waals surface area (Å²) in [4.78, 5) is 5.34. The molecule has 2 fully saturated rings. The van der Waals surface area contributed by atoms with Crippen LogP contribution >= 0.6 is 0 Å². The monoisotopic (exact) mass is 481 g/mol. The Morgan fingerprint density at radius 3 is 2.74 bits per heavy atom. The Morgan fingerprint density at radius 1 is 1.31 bits per heavy atom. The highest BCUT2D eigenvalue weighted by Gasteiger charge is 2.45. The van der Waals surface area contributed by atoms with Gasteiger partial charge >= 0.3 is 0 Å². The van der Waals surface area contributed by atoms with Gasteiger partial charge in [-0.05, 0) is 79.9 Å². The zero-order valence-electron chi connectivity index (χ0n) is 22.8. The number of fused-ring (bicyclic) bond motifs is 1.